The minimum Gasteiger partial charge on any atom is -0.396 e. The highest BCUT2D eigenvalue weighted by Gasteiger charge is 2.56. The van der Waals surface area contributed by atoms with Crippen LogP contribution in [-0.4, -0.2) is 29.2 Å². The molecule has 0 heterocycles. The number of aliphatic hydroxyl groups is 2. The van der Waals surface area contributed by atoms with Crippen LogP contribution in [0.2, 0.25) is 0 Å². The third-order valence-electron chi connectivity index (χ3n) is 5.36. The Morgan fingerprint density at radius 3 is 2.56 bits per heavy atom. The van der Waals surface area contributed by atoms with Crippen LogP contribution in [0, 0.1) is 22.7 Å². The van der Waals surface area contributed by atoms with Crippen molar-refractivity contribution in [2.45, 2.75) is 40.0 Å². The number of allylic oxidation sites excluding steroid dienone is 1. The van der Waals surface area contributed by atoms with E-state index in [9.17, 15) is 15.0 Å². The van der Waals surface area contributed by atoms with E-state index in [1.807, 2.05) is 13.8 Å². The first-order chi connectivity index (χ1) is 8.39. The lowest BCUT2D eigenvalue weighted by Gasteiger charge is -2.55. The predicted octanol–water partition coefficient (Wildman–Crippen LogP) is 1.93. The lowest BCUT2D eigenvalue weighted by atomic mass is 9.48. The van der Waals surface area contributed by atoms with Crippen LogP contribution in [0.1, 0.15) is 40.0 Å². The van der Waals surface area contributed by atoms with E-state index in [0.29, 0.717) is 0 Å². The van der Waals surface area contributed by atoms with Crippen molar-refractivity contribution < 1.29 is 15.0 Å². The molecule has 0 aromatic rings. The summed E-state index contributed by atoms with van der Waals surface area (Å²) in [5.74, 6) is 0.0203. The summed E-state index contributed by atoms with van der Waals surface area (Å²) in [7, 11) is 0. The topological polar surface area (TPSA) is 57.5 Å². The van der Waals surface area contributed by atoms with Crippen LogP contribution >= 0.6 is 0 Å². The quantitative estimate of drug-likeness (QED) is 0.789. The molecule has 0 spiro atoms. The summed E-state index contributed by atoms with van der Waals surface area (Å²) in [4.78, 5) is 12.4. The van der Waals surface area contributed by atoms with E-state index in [1.54, 1.807) is 6.08 Å². The van der Waals surface area contributed by atoms with Gasteiger partial charge in [-0.1, -0.05) is 25.8 Å². The molecule has 2 aliphatic carbocycles. The summed E-state index contributed by atoms with van der Waals surface area (Å²) < 4.78 is 0. The Morgan fingerprint density at radius 2 is 2.00 bits per heavy atom. The zero-order valence-electron chi connectivity index (χ0n) is 11.6. The van der Waals surface area contributed by atoms with Crippen molar-refractivity contribution in [2.24, 2.45) is 22.7 Å². The second kappa shape index (κ2) is 4.46. The number of ketones is 1. The van der Waals surface area contributed by atoms with Gasteiger partial charge in [-0.25, -0.2) is 0 Å². The van der Waals surface area contributed by atoms with Gasteiger partial charge < -0.3 is 10.2 Å². The van der Waals surface area contributed by atoms with E-state index in [-0.39, 0.29) is 41.7 Å². The highest BCUT2D eigenvalue weighted by atomic mass is 16.3. The van der Waals surface area contributed by atoms with E-state index < -0.39 is 0 Å². The van der Waals surface area contributed by atoms with Crippen molar-refractivity contribution in [1.29, 1.82) is 0 Å². The van der Waals surface area contributed by atoms with Gasteiger partial charge in [0, 0.05) is 23.9 Å². The molecule has 0 aromatic heterocycles. The fourth-order valence-corrected chi connectivity index (χ4v) is 4.45. The molecule has 0 radical (unpaired) electrons. The number of hydrogen-bond donors (Lipinski definition) is 2. The molecule has 1 saturated carbocycles. The van der Waals surface area contributed by atoms with E-state index >= 15 is 0 Å². The summed E-state index contributed by atoms with van der Waals surface area (Å²) in [6.45, 7) is 6.19. The van der Waals surface area contributed by atoms with Crippen LogP contribution in [0.25, 0.3) is 0 Å². The van der Waals surface area contributed by atoms with Gasteiger partial charge in [0.05, 0.1) is 6.61 Å². The number of fused-ring (bicyclic) bond motifs is 1. The molecule has 2 aliphatic rings. The first-order valence-electron chi connectivity index (χ1n) is 6.83. The molecule has 0 unspecified atom stereocenters. The first kappa shape index (κ1) is 13.8. The maximum atomic E-state index is 12.4. The van der Waals surface area contributed by atoms with Crippen LogP contribution in [0.15, 0.2) is 11.6 Å². The maximum Gasteiger partial charge on any atom is 0.159 e. The number of carbonyl (C=O) groups is 1. The Labute approximate surface area is 109 Å². The fourth-order valence-electron chi connectivity index (χ4n) is 4.45. The summed E-state index contributed by atoms with van der Waals surface area (Å²) in [5.41, 5.74) is 0.443. The molecule has 1 fully saturated rings. The van der Waals surface area contributed by atoms with Crippen LogP contribution < -0.4 is 0 Å². The van der Waals surface area contributed by atoms with Crippen LogP contribution in [0.5, 0.6) is 0 Å². The van der Waals surface area contributed by atoms with Crippen molar-refractivity contribution in [3.63, 3.8) is 0 Å². The summed E-state index contributed by atoms with van der Waals surface area (Å²) in [5, 5.41) is 19.4. The van der Waals surface area contributed by atoms with E-state index in [0.717, 1.165) is 24.8 Å². The molecule has 0 aromatic carbocycles. The standard InChI is InChI=1S/C15H24O3/c1-10-7-12(18)13-14(2,9-17)5-4-6-15(13,3)11(10)8-16/h7,11,13,16-17H,4-6,8-9H2,1-3H3/t11-,13-,14+,15+/m0/s1. The lowest BCUT2D eigenvalue weighted by molar-refractivity contribution is -0.143. The molecule has 2 N–H and O–H groups in total. The smallest absolute Gasteiger partial charge is 0.159 e. The molecule has 0 amide bonds. The number of aliphatic hydroxyl groups excluding tert-OH is 2. The molecule has 4 atom stereocenters. The van der Waals surface area contributed by atoms with Crippen molar-refractivity contribution in [3.8, 4) is 0 Å². The van der Waals surface area contributed by atoms with Crippen molar-refractivity contribution in [1.82, 2.24) is 0 Å². The highest BCUT2D eigenvalue weighted by molar-refractivity contribution is 5.95. The largest absolute Gasteiger partial charge is 0.396 e. The normalized spacial score (nSPS) is 44.5. The van der Waals surface area contributed by atoms with Crippen molar-refractivity contribution in [2.75, 3.05) is 13.2 Å². The molecular weight excluding hydrogens is 228 g/mol. The number of hydrogen-bond acceptors (Lipinski definition) is 3. The minimum absolute atomic E-state index is 0.0457. The Hall–Kier alpha value is -0.670. The van der Waals surface area contributed by atoms with Gasteiger partial charge in [-0.15, -0.1) is 0 Å². The van der Waals surface area contributed by atoms with Crippen LogP contribution in [0.4, 0.5) is 0 Å². The average molecular weight is 252 g/mol. The minimum atomic E-state index is -0.339. The number of carbonyl (C=O) groups excluding carboxylic acids is 1. The zero-order valence-corrected chi connectivity index (χ0v) is 11.6. The zero-order chi connectivity index (χ0) is 13.6. The molecule has 2 rings (SSSR count). The third-order valence-corrected chi connectivity index (χ3v) is 5.36. The van der Waals surface area contributed by atoms with E-state index in [1.165, 1.54) is 0 Å². The van der Waals surface area contributed by atoms with E-state index in [2.05, 4.69) is 6.92 Å². The Balaban J connectivity index is 2.51. The van der Waals surface area contributed by atoms with Gasteiger partial charge in [-0.05, 0) is 31.3 Å². The van der Waals surface area contributed by atoms with Gasteiger partial charge in [-0.3, -0.25) is 4.79 Å². The molecule has 3 heteroatoms. The predicted molar refractivity (Wildman–Crippen MR) is 70.0 cm³/mol. The molecule has 18 heavy (non-hydrogen) atoms. The van der Waals surface area contributed by atoms with Crippen molar-refractivity contribution in [3.05, 3.63) is 11.6 Å². The van der Waals surface area contributed by atoms with Gasteiger partial charge in [0.2, 0.25) is 0 Å². The SMILES string of the molecule is CC1=CC(=O)[C@H]2[C@@](C)(CO)CCC[C@]2(C)[C@H]1CO. The van der Waals surface area contributed by atoms with Gasteiger partial charge >= 0.3 is 0 Å². The van der Waals surface area contributed by atoms with Gasteiger partial charge in [0.1, 0.15) is 0 Å². The van der Waals surface area contributed by atoms with Crippen LogP contribution in [-0.2, 0) is 4.79 Å². The average Bonchev–Trinajstić information content (AvgIpc) is 2.28. The molecule has 3 nitrogen and oxygen atoms in total. The Bertz CT molecular complexity index is 387. The molecule has 102 valence electrons. The Kier molecular flexibility index (Phi) is 3.41. The molecule has 0 bridgehead atoms. The molecular formula is C15H24O3. The fraction of sp³-hybridized carbons (Fsp3) is 0.800. The summed E-state index contributed by atoms with van der Waals surface area (Å²) in [6.07, 6.45) is 4.55. The second-order valence-corrected chi connectivity index (χ2v) is 6.63. The summed E-state index contributed by atoms with van der Waals surface area (Å²) in [6, 6.07) is 0. The van der Waals surface area contributed by atoms with Crippen LogP contribution in [0.3, 0.4) is 0 Å². The molecule has 0 aliphatic heterocycles. The van der Waals surface area contributed by atoms with E-state index in [4.69, 9.17) is 0 Å². The second-order valence-electron chi connectivity index (χ2n) is 6.63. The monoisotopic (exact) mass is 252 g/mol. The van der Waals surface area contributed by atoms with Crippen molar-refractivity contribution >= 4 is 5.78 Å². The summed E-state index contributed by atoms with van der Waals surface area (Å²) >= 11 is 0. The molecule has 0 saturated heterocycles. The van der Waals surface area contributed by atoms with Gasteiger partial charge in [0.15, 0.2) is 5.78 Å². The Morgan fingerprint density at radius 1 is 1.33 bits per heavy atom. The maximum absolute atomic E-state index is 12.4. The first-order valence-corrected chi connectivity index (χ1v) is 6.83. The van der Waals surface area contributed by atoms with Gasteiger partial charge in [0.25, 0.3) is 0 Å². The third kappa shape index (κ3) is 1.76. The number of rotatable bonds is 2. The van der Waals surface area contributed by atoms with Gasteiger partial charge in [-0.2, -0.15) is 0 Å². The highest BCUT2D eigenvalue weighted by Crippen LogP contribution is 2.58. The lowest BCUT2D eigenvalue weighted by Crippen LogP contribution is -2.55.